The lowest BCUT2D eigenvalue weighted by atomic mass is 9.80. The Bertz CT molecular complexity index is 359. The molecule has 2 fully saturated rings. The average Bonchev–Trinajstić information content (AvgIpc) is 2.65. The summed E-state index contributed by atoms with van der Waals surface area (Å²) in [5.41, 5.74) is 6.38. The molecule has 2 atom stereocenters. The highest BCUT2D eigenvalue weighted by atomic mass is 32.2. The van der Waals surface area contributed by atoms with E-state index in [1.165, 1.54) is 31.0 Å². The van der Waals surface area contributed by atoms with E-state index in [0.29, 0.717) is 11.7 Å². The first-order valence-electron chi connectivity index (χ1n) is 5.80. The van der Waals surface area contributed by atoms with Gasteiger partial charge in [-0.3, -0.25) is 10.2 Å². The first-order valence-corrected chi connectivity index (χ1v) is 6.78. The van der Waals surface area contributed by atoms with E-state index in [-0.39, 0.29) is 11.6 Å². The Labute approximate surface area is 99.0 Å². The smallest absolute Gasteiger partial charge is 0.253 e. The van der Waals surface area contributed by atoms with Gasteiger partial charge < -0.3 is 0 Å². The molecule has 16 heavy (non-hydrogen) atoms. The normalized spacial score (nSPS) is 38.3. The summed E-state index contributed by atoms with van der Waals surface area (Å²) in [6.45, 7) is 2.22. The van der Waals surface area contributed by atoms with E-state index in [4.69, 9.17) is 0 Å². The number of hydrogen-bond acceptors (Lipinski definition) is 5. The van der Waals surface area contributed by atoms with Crippen LogP contribution in [0.4, 0.5) is 0 Å². The fourth-order valence-corrected chi connectivity index (χ4v) is 3.37. The van der Waals surface area contributed by atoms with Gasteiger partial charge in [0.15, 0.2) is 0 Å². The lowest BCUT2D eigenvalue weighted by molar-refractivity contribution is -0.130. The second-order valence-corrected chi connectivity index (χ2v) is 5.70. The van der Waals surface area contributed by atoms with Crippen molar-refractivity contribution in [2.75, 3.05) is 5.75 Å². The van der Waals surface area contributed by atoms with Gasteiger partial charge in [0, 0.05) is 0 Å². The molecule has 88 valence electrons. The Balaban J connectivity index is 1.87. The first-order chi connectivity index (χ1) is 7.71. The summed E-state index contributed by atoms with van der Waals surface area (Å²) in [4.78, 5) is 11.7. The van der Waals surface area contributed by atoms with Crippen molar-refractivity contribution < 1.29 is 4.79 Å². The number of thioether (sulfide) groups is 1. The predicted molar refractivity (Wildman–Crippen MR) is 63.4 cm³/mol. The molecule has 1 saturated carbocycles. The van der Waals surface area contributed by atoms with Crippen molar-refractivity contribution in [3.8, 4) is 0 Å². The molecule has 5 nitrogen and oxygen atoms in total. The molecule has 0 aromatic rings. The highest BCUT2D eigenvalue weighted by Crippen LogP contribution is 2.35. The van der Waals surface area contributed by atoms with Gasteiger partial charge in [0.25, 0.3) is 5.91 Å². The van der Waals surface area contributed by atoms with Gasteiger partial charge in [-0.05, 0) is 25.2 Å². The summed E-state index contributed by atoms with van der Waals surface area (Å²) in [5.74, 6) is 1.10. The molecule has 1 saturated heterocycles. The topological polar surface area (TPSA) is 56.7 Å². The van der Waals surface area contributed by atoms with E-state index in [0.717, 1.165) is 11.6 Å². The molecule has 3 aliphatic rings. The SMILES string of the molecule is C[C@H]1CCCC[C@@]12NN=C1SCC(=O)N1N2. The van der Waals surface area contributed by atoms with E-state index in [1.54, 1.807) is 5.01 Å². The maximum Gasteiger partial charge on any atom is 0.253 e. The Morgan fingerprint density at radius 3 is 3.25 bits per heavy atom. The summed E-state index contributed by atoms with van der Waals surface area (Å²) in [6, 6.07) is 0. The minimum atomic E-state index is -0.206. The van der Waals surface area contributed by atoms with Gasteiger partial charge >= 0.3 is 0 Å². The molecule has 1 aliphatic carbocycles. The van der Waals surface area contributed by atoms with E-state index >= 15 is 0 Å². The molecule has 0 aromatic carbocycles. The predicted octanol–water partition coefficient (Wildman–Crippen LogP) is 0.847. The molecule has 0 radical (unpaired) electrons. The minimum Gasteiger partial charge on any atom is -0.285 e. The van der Waals surface area contributed by atoms with Gasteiger partial charge in [-0.2, -0.15) is 10.5 Å². The van der Waals surface area contributed by atoms with Crippen LogP contribution in [0.15, 0.2) is 5.10 Å². The number of hydrazone groups is 1. The van der Waals surface area contributed by atoms with Crippen molar-refractivity contribution in [2.24, 2.45) is 11.0 Å². The van der Waals surface area contributed by atoms with E-state index in [9.17, 15) is 4.79 Å². The minimum absolute atomic E-state index is 0.113. The summed E-state index contributed by atoms with van der Waals surface area (Å²) >= 11 is 1.48. The van der Waals surface area contributed by atoms with Gasteiger partial charge in [0.05, 0.1) is 5.75 Å². The Morgan fingerprint density at radius 2 is 2.44 bits per heavy atom. The third kappa shape index (κ3) is 1.43. The van der Waals surface area contributed by atoms with Crippen LogP contribution in [0.5, 0.6) is 0 Å². The van der Waals surface area contributed by atoms with Crippen LogP contribution >= 0.6 is 11.8 Å². The lowest BCUT2D eigenvalue weighted by Crippen LogP contribution is -2.69. The van der Waals surface area contributed by atoms with Crippen LogP contribution in [0.3, 0.4) is 0 Å². The molecule has 6 heteroatoms. The number of nitrogens with zero attached hydrogens (tertiary/aromatic N) is 2. The second kappa shape index (κ2) is 3.63. The number of carbonyl (C=O) groups is 1. The van der Waals surface area contributed by atoms with Crippen molar-refractivity contribution in [2.45, 2.75) is 38.3 Å². The van der Waals surface area contributed by atoms with Gasteiger partial charge in [0.1, 0.15) is 5.66 Å². The average molecular weight is 240 g/mol. The number of amidine groups is 1. The monoisotopic (exact) mass is 240 g/mol. The fraction of sp³-hybridized carbons (Fsp3) is 0.800. The van der Waals surface area contributed by atoms with Gasteiger partial charge in [-0.25, -0.2) is 5.01 Å². The molecular formula is C10H16N4OS. The number of hydrogen-bond donors (Lipinski definition) is 2. The third-order valence-corrected chi connectivity index (χ3v) is 4.65. The van der Waals surface area contributed by atoms with Gasteiger partial charge in [-0.15, -0.1) is 0 Å². The number of carbonyl (C=O) groups excluding carboxylic acids is 1. The number of rotatable bonds is 0. The van der Waals surface area contributed by atoms with Crippen LogP contribution in [0.2, 0.25) is 0 Å². The van der Waals surface area contributed by atoms with Crippen molar-refractivity contribution in [1.82, 2.24) is 15.9 Å². The zero-order valence-electron chi connectivity index (χ0n) is 9.32. The molecule has 0 aromatic heterocycles. The lowest BCUT2D eigenvalue weighted by Gasteiger charge is -2.47. The Hall–Kier alpha value is -0.750. The van der Waals surface area contributed by atoms with Crippen molar-refractivity contribution in [3.05, 3.63) is 0 Å². The molecule has 0 unspecified atom stereocenters. The maximum atomic E-state index is 11.7. The quantitative estimate of drug-likeness (QED) is 0.659. The molecular weight excluding hydrogens is 224 g/mol. The molecule has 0 bridgehead atoms. The molecule has 1 amide bonds. The van der Waals surface area contributed by atoms with Gasteiger partial charge in [-0.1, -0.05) is 25.1 Å². The standard InChI is InChI=1S/C10H16N4OS/c1-7-4-2-3-5-10(7)12-11-9-14(13-10)8(15)6-16-9/h7,12-13H,2-6H2,1H3/t7-,10-/m0/s1. The molecule has 2 heterocycles. The first kappa shape index (κ1) is 10.4. The van der Waals surface area contributed by atoms with Crippen LogP contribution in [-0.4, -0.2) is 27.5 Å². The van der Waals surface area contributed by atoms with Crippen LogP contribution in [-0.2, 0) is 4.79 Å². The number of amides is 1. The Kier molecular flexibility index (Phi) is 2.36. The van der Waals surface area contributed by atoms with E-state index in [2.05, 4.69) is 22.9 Å². The third-order valence-electron chi connectivity index (χ3n) is 3.73. The Morgan fingerprint density at radius 1 is 1.56 bits per heavy atom. The summed E-state index contributed by atoms with van der Waals surface area (Å²) in [6.07, 6.45) is 4.66. The van der Waals surface area contributed by atoms with E-state index < -0.39 is 0 Å². The zero-order chi connectivity index (χ0) is 11.2. The molecule has 1 spiro atoms. The van der Waals surface area contributed by atoms with Crippen LogP contribution < -0.4 is 10.9 Å². The number of nitrogens with one attached hydrogen (secondary N) is 2. The maximum absolute atomic E-state index is 11.7. The second-order valence-electron chi connectivity index (χ2n) is 4.75. The van der Waals surface area contributed by atoms with Crippen molar-refractivity contribution >= 4 is 22.8 Å². The zero-order valence-corrected chi connectivity index (χ0v) is 10.1. The van der Waals surface area contributed by atoms with Crippen LogP contribution in [0, 0.1) is 5.92 Å². The number of fused-ring (bicyclic) bond motifs is 1. The van der Waals surface area contributed by atoms with Crippen LogP contribution in [0.1, 0.15) is 32.6 Å². The largest absolute Gasteiger partial charge is 0.285 e. The molecule has 3 rings (SSSR count). The van der Waals surface area contributed by atoms with Gasteiger partial charge in [0.2, 0.25) is 5.17 Å². The summed E-state index contributed by atoms with van der Waals surface area (Å²) in [7, 11) is 0. The highest BCUT2D eigenvalue weighted by molar-refractivity contribution is 8.15. The summed E-state index contributed by atoms with van der Waals surface area (Å²) < 4.78 is 0. The summed E-state index contributed by atoms with van der Waals surface area (Å²) in [5, 5.41) is 6.73. The van der Waals surface area contributed by atoms with Crippen molar-refractivity contribution in [3.63, 3.8) is 0 Å². The highest BCUT2D eigenvalue weighted by Gasteiger charge is 2.45. The van der Waals surface area contributed by atoms with E-state index in [1.807, 2.05) is 0 Å². The van der Waals surface area contributed by atoms with Crippen molar-refractivity contribution in [1.29, 1.82) is 0 Å². The van der Waals surface area contributed by atoms with Crippen LogP contribution in [0.25, 0.3) is 0 Å². The number of hydrazine groups is 1. The molecule has 2 aliphatic heterocycles. The molecule has 2 N–H and O–H groups in total. The fourth-order valence-electron chi connectivity index (χ4n) is 2.61.